The molecule has 0 saturated carbocycles. The molecule has 0 aliphatic carbocycles. The number of aryl methyl sites for hydroxylation is 3. The van der Waals surface area contributed by atoms with Crippen molar-refractivity contribution < 1.29 is 4.43 Å². The second kappa shape index (κ2) is 7.77. The average Bonchev–Trinajstić information content (AvgIpc) is 2.58. The molecule has 2 aromatic rings. The Morgan fingerprint density at radius 1 is 1.04 bits per heavy atom. The molecule has 3 heteroatoms. The molecule has 1 aliphatic rings. The SMILES string of the molecule is Cc1cc(C)c([C@@H]2N[C@H](CO[Si](C)(C)C(C)(C)C)Cc3ccccc32)c(C)c1. The lowest BCUT2D eigenvalue weighted by molar-refractivity contribution is 0.229. The van der Waals surface area contributed by atoms with E-state index in [4.69, 9.17) is 4.43 Å². The lowest BCUT2D eigenvalue weighted by Gasteiger charge is -2.40. The van der Waals surface area contributed by atoms with Crippen molar-refractivity contribution in [3.05, 3.63) is 69.8 Å². The van der Waals surface area contributed by atoms with Crippen LogP contribution in [0.25, 0.3) is 0 Å². The Labute approximate surface area is 172 Å². The average molecular weight is 396 g/mol. The number of nitrogens with one attached hydrogen (secondary N) is 1. The summed E-state index contributed by atoms with van der Waals surface area (Å²) in [5, 5.41) is 4.19. The summed E-state index contributed by atoms with van der Waals surface area (Å²) in [5.74, 6) is 0. The fourth-order valence-electron chi connectivity index (χ4n) is 4.17. The van der Waals surface area contributed by atoms with E-state index < -0.39 is 8.32 Å². The predicted octanol–water partition coefficient (Wildman–Crippen LogP) is 6.24. The van der Waals surface area contributed by atoms with E-state index in [-0.39, 0.29) is 11.1 Å². The smallest absolute Gasteiger partial charge is 0.192 e. The third-order valence-corrected chi connectivity index (χ3v) is 11.2. The zero-order chi connectivity index (χ0) is 20.7. The van der Waals surface area contributed by atoms with Crippen LogP contribution in [0.15, 0.2) is 36.4 Å². The molecule has 2 aromatic carbocycles. The van der Waals surface area contributed by atoms with Gasteiger partial charge in [0.05, 0.1) is 6.04 Å². The van der Waals surface area contributed by atoms with Gasteiger partial charge in [-0.1, -0.05) is 62.7 Å². The Balaban J connectivity index is 1.92. The Bertz CT molecular complexity index is 827. The van der Waals surface area contributed by atoms with Gasteiger partial charge >= 0.3 is 0 Å². The minimum atomic E-state index is -1.75. The van der Waals surface area contributed by atoms with Gasteiger partial charge in [0.15, 0.2) is 8.32 Å². The molecular formula is C25H37NOSi. The van der Waals surface area contributed by atoms with Crippen LogP contribution in [-0.4, -0.2) is 21.0 Å². The quantitative estimate of drug-likeness (QED) is 0.619. The van der Waals surface area contributed by atoms with Crippen LogP contribution in [0, 0.1) is 20.8 Å². The van der Waals surface area contributed by atoms with Crippen molar-refractivity contribution in [1.82, 2.24) is 5.32 Å². The zero-order valence-electron chi connectivity index (χ0n) is 18.9. The highest BCUT2D eigenvalue weighted by Crippen LogP contribution is 2.38. The van der Waals surface area contributed by atoms with E-state index in [0.29, 0.717) is 6.04 Å². The first kappa shape index (κ1) is 21.3. The first-order valence-corrected chi connectivity index (χ1v) is 13.5. The topological polar surface area (TPSA) is 21.3 Å². The highest BCUT2D eigenvalue weighted by molar-refractivity contribution is 6.74. The van der Waals surface area contributed by atoms with Crippen molar-refractivity contribution in [2.45, 2.75) is 78.2 Å². The van der Waals surface area contributed by atoms with E-state index >= 15 is 0 Å². The highest BCUT2D eigenvalue weighted by Gasteiger charge is 2.38. The minimum absolute atomic E-state index is 0.235. The van der Waals surface area contributed by atoms with E-state index in [1.54, 1.807) is 0 Å². The third-order valence-electron chi connectivity index (χ3n) is 6.71. The molecule has 0 spiro atoms. The number of rotatable bonds is 4. The second-order valence-corrected chi connectivity index (χ2v) is 14.9. The van der Waals surface area contributed by atoms with Crippen molar-refractivity contribution in [2.24, 2.45) is 0 Å². The van der Waals surface area contributed by atoms with Crippen LogP contribution in [0.5, 0.6) is 0 Å². The van der Waals surface area contributed by atoms with Crippen molar-refractivity contribution in [2.75, 3.05) is 6.61 Å². The van der Waals surface area contributed by atoms with Gasteiger partial charge in [0, 0.05) is 12.6 Å². The maximum Gasteiger partial charge on any atom is 0.192 e. The number of hydrogen-bond donors (Lipinski definition) is 1. The first-order valence-electron chi connectivity index (χ1n) is 10.5. The van der Waals surface area contributed by atoms with E-state index in [2.05, 4.69) is 96.4 Å². The largest absolute Gasteiger partial charge is 0.415 e. The van der Waals surface area contributed by atoms with Crippen LogP contribution in [-0.2, 0) is 10.8 Å². The van der Waals surface area contributed by atoms with Crippen LogP contribution in [0.4, 0.5) is 0 Å². The van der Waals surface area contributed by atoms with Crippen LogP contribution >= 0.6 is 0 Å². The molecule has 0 saturated heterocycles. The lowest BCUT2D eigenvalue weighted by Crippen LogP contribution is -2.48. The number of hydrogen-bond acceptors (Lipinski definition) is 2. The number of benzene rings is 2. The van der Waals surface area contributed by atoms with E-state index in [1.165, 1.54) is 33.4 Å². The third kappa shape index (κ3) is 4.27. The molecule has 2 nitrogen and oxygen atoms in total. The molecule has 1 heterocycles. The molecular weight excluding hydrogens is 358 g/mol. The van der Waals surface area contributed by atoms with Gasteiger partial charge in [0.25, 0.3) is 0 Å². The summed E-state index contributed by atoms with van der Waals surface area (Å²) in [5.41, 5.74) is 8.37. The molecule has 152 valence electrons. The summed E-state index contributed by atoms with van der Waals surface area (Å²) in [6, 6.07) is 14.1. The van der Waals surface area contributed by atoms with Crippen LogP contribution in [0.1, 0.15) is 60.2 Å². The molecule has 1 aliphatic heterocycles. The van der Waals surface area contributed by atoms with Crippen molar-refractivity contribution >= 4 is 8.32 Å². The van der Waals surface area contributed by atoms with Crippen molar-refractivity contribution in [1.29, 1.82) is 0 Å². The zero-order valence-corrected chi connectivity index (χ0v) is 19.9. The van der Waals surface area contributed by atoms with Gasteiger partial charge in [-0.25, -0.2) is 0 Å². The number of fused-ring (bicyclic) bond motifs is 1. The fraction of sp³-hybridized carbons (Fsp3) is 0.520. The molecule has 0 unspecified atom stereocenters. The predicted molar refractivity (Wildman–Crippen MR) is 123 cm³/mol. The summed E-state index contributed by atoms with van der Waals surface area (Å²) in [7, 11) is -1.75. The minimum Gasteiger partial charge on any atom is -0.415 e. The van der Waals surface area contributed by atoms with Crippen molar-refractivity contribution in [3.8, 4) is 0 Å². The van der Waals surface area contributed by atoms with Gasteiger partial charge in [0.1, 0.15) is 0 Å². The Morgan fingerprint density at radius 2 is 1.64 bits per heavy atom. The molecule has 3 rings (SSSR count). The summed E-state index contributed by atoms with van der Waals surface area (Å²) >= 11 is 0. The molecule has 0 aromatic heterocycles. The van der Waals surface area contributed by atoms with Crippen LogP contribution in [0.2, 0.25) is 18.1 Å². The molecule has 0 bridgehead atoms. The van der Waals surface area contributed by atoms with Gasteiger partial charge in [0.2, 0.25) is 0 Å². The lowest BCUT2D eigenvalue weighted by atomic mass is 9.83. The molecule has 0 radical (unpaired) electrons. The van der Waals surface area contributed by atoms with Crippen LogP contribution < -0.4 is 5.32 Å². The van der Waals surface area contributed by atoms with E-state index in [9.17, 15) is 0 Å². The summed E-state index contributed by atoms with van der Waals surface area (Å²) in [6.45, 7) is 19.1. The summed E-state index contributed by atoms with van der Waals surface area (Å²) in [6.07, 6.45) is 1.03. The van der Waals surface area contributed by atoms with Crippen LogP contribution in [0.3, 0.4) is 0 Å². The first-order chi connectivity index (χ1) is 13.0. The molecule has 28 heavy (non-hydrogen) atoms. The summed E-state index contributed by atoms with van der Waals surface area (Å²) < 4.78 is 6.59. The van der Waals surface area contributed by atoms with E-state index in [0.717, 1.165) is 13.0 Å². The Kier molecular flexibility index (Phi) is 5.91. The van der Waals surface area contributed by atoms with Gasteiger partial charge in [-0.15, -0.1) is 0 Å². The Hall–Kier alpha value is -1.42. The fourth-order valence-corrected chi connectivity index (χ4v) is 5.22. The second-order valence-electron chi connectivity index (χ2n) is 10.1. The molecule has 0 amide bonds. The highest BCUT2D eigenvalue weighted by atomic mass is 28.4. The van der Waals surface area contributed by atoms with Crippen molar-refractivity contribution in [3.63, 3.8) is 0 Å². The maximum absolute atomic E-state index is 6.59. The maximum atomic E-state index is 6.59. The molecule has 1 N–H and O–H groups in total. The Morgan fingerprint density at radius 3 is 2.25 bits per heavy atom. The molecule has 0 fully saturated rings. The summed E-state index contributed by atoms with van der Waals surface area (Å²) in [4.78, 5) is 0. The van der Waals surface area contributed by atoms with Gasteiger partial charge < -0.3 is 9.74 Å². The van der Waals surface area contributed by atoms with Gasteiger partial charge in [-0.3, -0.25) is 0 Å². The monoisotopic (exact) mass is 395 g/mol. The normalized spacial score (nSPS) is 20.1. The molecule has 2 atom stereocenters. The van der Waals surface area contributed by atoms with Gasteiger partial charge in [-0.2, -0.15) is 0 Å². The van der Waals surface area contributed by atoms with E-state index in [1.807, 2.05) is 0 Å². The van der Waals surface area contributed by atoms with Gasteiger partial charge in [-0.05, 0) is 73.1 Å². The standard InChI is InChI=1S/C25H37NOSi/c1-17-13-18(2)23(19(3)14-17)24-22-12-10-9-11-20(22)15-21(26-24)16-27-28(7,8)25(4,5)6/h9-14,21,24,26H,15-16H2,1-8H3/t21-,24+/m0/s1.